The van der Waals surface area contributed by atoms with Crippen LogP contribution in [0.5, 0.6) is 11.5 Å². The van der Waals surface area contributed by atoms with E-state index in [1.165, 1.54) is 25.9 Å². The first-order chi connectivity index (χ1) is 18.8. The van der Waals surface area contributed by atoms with Gasteiger partial charge in [0, 0.05) is 56.3 Å². The van der Waals surface area contributed by atoms with Gasteiger partial charge in [-0.25, -0.2) is 9.37 Å². The summed E-state index contributed by atoms with van der Waals surface area (Å²) in [5.74, 6) is 2.89. The number of halogens is 1. The average molecular weight is 543 g/mol. The van der Waals surface area contributed by atoms with E-state index in [4.69, 9.17) is 19.4 Å². The monoisotopic (exact) mass is 542 g/mol. The molecule has 39 heavy (non-hydrogen) atoms. The highest BCUT2D eigenvalue weighted by Crippen LogP contribution is 2.37. The largest absolute Gasteiger partial charge is 0.493 e. The Morgan fingerprint density at radius 3 is 2.41 bits per heavy atom. The molecule has 3 saturated heterocycles. The number of nitrogens with one attached hydrogen (secondary N) is 1. The smallest absolute Gasteiger partial charge is 0.227 e. The average Bonchev–Trinajstić information content (AvgIpc) is 3.44. The van der Waals surface area contributed by atoms with Crippen molar-refractivity contribution in [2.45, 2.75) is 83.5 Å². The zero-order valence-corrected chi connectivity index (χ0v) is 24.3. The van der Waals surface area contributed by atoms with Crippen molar-refractivity contribution in [1.82, 2.24) is 19.8 Å². The van der Waals surface area contributed by atoms with Gasteiger partial charge in [0.1, 0.15) is 11.5 Å². The lowest BCUT2D eigenvalue weighted by Gasteiger charge is -2.36. The predicted octanol–water partition coefficient (Wildman–Crippen LogP) is 5.12. The molecule has 1 aromatic carbocycles. The number of methoxy groups -OCH3 is 1. The number of piperidine rings is 2. The summed E-state index contributed by atoms with van der Waals surface area (Å²) >= 11 is 0. The fourth-order valence-corrected chi connectivity index (χ4v) is 6.05. The van der Waals surface area contributed by atoms with E-state index < -0.39 is 5.67 Å². The first-order valence-corrected chi connectivity index (χ1v) is 15.0. The van der Waals surface area contributed by atoms with Crippen molar-refractivity contribution in [3.05, 3.63) is 12.1 Å². The lowest BCUT2D eigenvalue weighted by molar-refractivity contribution is 0.148. The Kier molecular flexibility index (Phi) is 8.96. The van der Waals surface area contributed by atoms with Crippen LogP contribution in [0.25, 0.3) is 10.9 Å². The maximum atomic E-state index is 14.6. The second kappa shape index (κ2) is 12.4. The zero-order valence-electron chi connectivity index (χ0n) is 24.3. The standard InChI is InChI=1S/C30H47FN6O2/c1-22(2)36-15-8-23(9-16-36)32-28-24-20-26(38-4)27(39-19-7-14-35-12-5-6-13-35)21-25(24)33-29(34-28)37-17-10-30(3,31)11-18-37/h20-23H,5-19H2,1-4H3,(H,32,33,34). The maximum Gasteiger partial charge on any atom is 0.227 e. The molecular weight excluding hydrogens is 495 g/mol. The van der Waals surface area contributed by atoms with Gasteiger partial charge in [-0.1, -0.05) is 0 Å². The van der Waals surface area contributed by atoms with Crippen LogP contribution in [0.4, 0.5) is 16.2 Å². The Morgan fingerprint density at radius 1 is 1.03 bits per heavy atom. The second-order valence-corrected chi connectivity index (χ2v) is 12.1. The number of hydrogen-bond acceptors (Lipinski definition) is 8. The molecule has 9 heteroatoms. The van der Waals surface area contributed by atoms with Crippen LogP contribution in [0.2, 0.25) is 0 Å². The van der Waals surface area contributed by atoms with Gasteiger partial charge >= 0.3 is 0 Å². The lowest BCUT2D eigenvalue weighted by atomic mass is 9.96. The molecule has 1 aromatic heterocycles. The van der Waals surface area contributed by atoms with Crippen molar-refractivity contribution in [2.75, 3.05) is 69.7 Å². The van der Waals surface area contributed by atoms with Crippen molar-refractivity contribution >= 4 is 22.7 Å². The molecule has 0 radical (unpaired) electrons. The van der Waals surface area contributed by atoms with Gasteiger partial charge in [0.05, 0.1) is 19.2 Å². The highest BCUT2D eigenvalue weighted by molar-refractivity contribution is 5.93. The number of aromatic nitrogens is 2. The van der Waals surface area contributed by atoms with Crippen LogP contribution in [-0.4, -0.2) is 97.1 Å². The third-order valence-corrected chi connectivity index (χ3v) is 8.73. The summed E-state index contributed by atoms with van der Waals surface area (Å²) in [4.78, 5) is 17.1. The molecule has 5 rings (SSSR count). The first kappa shape index (κ1) is 28.1. The van der Waals surface area contributed by atoms with E-state index in [0.29, 0.717) is 62.1 Å². The van der Waals surface area contributed by atoms with E-state index >= 15 is 0 Å². The summed E-state index contributed by atoms with van der Waals surface area (Å²) in [5, 5.41) is 4.68. The molecule has 0 amide bonds. The van der Waals surface area contributed by atoms with E-state index in [0.717, 1.165) is 55.6 Å². The minimum Gasteiger partial charge on any atom is -0.493 e. The Labute approximate surface area is 233 Å². The van der Waals surface area contributed by atoms with Crippen molar-refractivity contribution in [2.24, 2.45) is 0 Å². The molecule has 1 N–H and O–H groups in total. The lowest BCUT2D eigenvalue weighted by Crippen LogP contribution is -2.42. The fraction of sp³-hybridized carbons (Fsp3) is 0.733. The van der Waals surface area contributed by atoms with Gasteiger partial charge < -0.3 is 29.5 Å². The minimum atomic E-state index is -1.12. The molecule has 4 heterocycles. The van der Waals surface area contributed by atoms with Crippen LogP contribution in [0.3, 0.4) is 0 Å². The van der Waals surface area contributed by atoms with Gasteiger partial charge in [-0.05, 0) is 84.9 Å². The molecule has 0 atom stereocenters. The normalized spacial score (nSPS) is 21.1. The molecule has 0 bridgehead atoms. The number of hydrogen-bond donors (Lipinski definition) is 1. The summed E-state index contributed by atoms with van der Waals surface area (Å²) < 4.78 is 26.5. The van der Waals surface area contributed by atoms with E-state index in [2.05, 4.69) is 33.9 Å². The Morgan fingerprint density at radius 2 is 1.74 bits per heavy atom. The number of ether oxygens (including phenoxy) is 2. The van der Waals surface area contributed by atoms with Gasteiger partial charge in [0.15, 0.2) is 11.5 Å². The highest BCUT2D eigenvalue weighted by Gasteiger charge is 2.31. The fourth-order valence-electron chi connectivity index (χ4n) is 6.05. The van der Waals surface area contributed by atoms with Crippen LogP contribution in [0.15, 0.2) is 12.1 Å². The van der Waals surface area contributed by atoms with Gasteiger partial charge in [0.2, 0.25) is 5.95 Å². The van der Waals surface area contributed by atoms with Crippen molar-refractivity contribution in [3.63, 3.8) is 0 Å². The molecule has 216 valence electrons. The number of anilines is 2. The number of alkyl halides is 1. The molecule has 3 aliphatic heterocycles. The summed E-state index contributed by atoms with van der Waals surface area (Å²) in [7, 11) is 1.68. The quantitative estimate of drug-likeness (QED) is 0.415. The number of fused-ring (bicyclic) bond motifs is 1. The van der Waals surface area contributed by atoms with Gasteiger partial charge in [-0.2, -0.15) is 4.98 Å². The highest BCUT2D eigenvalue weighted by atomic mass is 19.1. The molecular formula is C30H47FN6O2. The summed E-state index contributed by atoms with van der Waals surface area (Å²) in [5.41, 5.74) is -0.298. The van der Waals surface area contributed by atoms with Gasteiger partial charge in [-0.15, -0.1) is 0 Å². The van der Waals surface area contributed by atoms with Crippen molar-refractivity contribution < 1.29 is 13.9 Å². The Balaban J connectivity index is 1.38. The molecule has 2 aromatic rings. The number of rotatable bonds is 10. The topological polar surface area (TPSA) is 66.0 Å². The summed E-state index contributed by atoms with van der Waals surface area (Å²) in [6.45, 7) is 13.7. The summed E-state index contributed by atoms with van der Waals surface area (Å²) in [6, 6.07) is 4.91. The van der Waals surface area contributed by atoms with Gasteiger partial charge in [-0.3, -0.25) is 0 Å². The van der Waals surface area contributed by atoms with Crippen LogP contribution in [-0.2, 0) is 0 Å². The number of benzene rings is 1. The predicted molar refractivity (Wildman–Crippen MR) is 156 cm³/mol. The van der Waals surface area contributed by atoms with E-state index in [-0.39, 0.29) is 0 Å². The maximum absolute atomic E-state index is 14.6. The van der Waals surface area contributed by atoms with Crippen molar-refractivity contribution in [3.8, 4) is 11.5 Å². The third kappa shape index (κ3) is 7.04. The molecule has 0 spiro atoms. The molecule has 0 saturated carbocycles. The van der Waals surface area contributed by atoms with Crippen LogP contribution in [0.1, 0.15) is 65.7 Å². The van der Waals surface area contributed by atoms with Crippen LogP contribution < -0.4 is 19.7 Å². The SMILES string of the molecule is COc1cc2c(NC3CCN(C(C)C)CC3)nc(N3CCC(C)(F)CC3)nc2cc1OCCCN1CCCC1. The summed E-state index contributed by atoms with van der Waals surface area (Å²) in [6.07, 6.45) is 6.69. The third-order valence-electron chi connectivity index (χ3n) is 8.73. The first-order valence-electron chi connectivity index (χ1n) is 15.0. The van der Waals surface area contributed by atoms with E-state index in [9.17, 15) is 4.39 Å². The van der Waals surface area contributed by atoms with Crippen LogP contribution >= 0.6 is 0 Å². The minimum absolute atomic E-state index is 0.342. The molecule has 0 aliphatic carbocycles. The van der Waals surface area contributed by atoms with Crippen molar-refractivity contribution in [1.29, 1.82) is 0 Å². The second-order valence-electron chi connectivity index (χ2n) is 12.1. The zero-order chi connectivity index (χ0) is 27.4. The number of nitrogens with zero attached hydrogens (tertiary/aromatic N) is 5. The molecule has 3 fully saturated rings. The molecule has 0 unspecified atom stereocenters. The molecule has 8 nitrogen and oxygen atoms in total. The van der Waals surface area contributed by atoms with Crippen LogP contribution in [0, 0.1) is 0 Å². The van der Waals surface area contributed by atoms with Gasteiger partial charge in [0.25, 0.3) is 0 Å². The Bertz CT molecular complexity index is 1090. The number of likely N-dealkylation sites (tertiary alicyclic amines) is 2. The van der Waals surface area contributed by atoms with E-state index in [1.807, 2.05) is 12.1 Å². The Hall–Kier alpha value is -2.39. The molecule has 3 aliphatic rings. The van der Waals surface area contributed by atoms with E-state index in [1.54, 1.807) is 14.0 Å².